The van der Waals surface area contributed by atoms with E-state index in [0.29, 0.717) is 0 Å². The summed E-state index contributed by atoms with van der Waals surface area (Å²) in [5, 5.41) is 5.04. The Labute approximate surface area is 304 Å². The average molecular weight is 688 g/mol. The van der Waals surface area contributed by atoms with Crippen molar-refractivity contribution in [1.82, 2.24) is 5.32 Å². The van der Waals surface area contributed by atoms with E-state index in [1.54, 1.807) is 0 Å². The highest BCUT2D eigenvalue weighted by molar-refractivity contribution is 7.19. The number of amidine groups is 1. The third-order valence-corrected chi connectivity index (χ3v) is 11.3. The molecule has 1 unspecified atom stereocenters. The summed E-state index contributed by atoms with van der Waals surface area (Å²) < 4.78 is 14.2. The van der Waals surface area contributed by atoms with E-state index >= 15 is 0 Å². The third kappa shape index (κ3) is 4.51. The van der Waals surface area contributed by atoms with Gasteiger partial charge in [-0.15, -0.1) is 11.3 Å². The van der Waals surface area contributed by atoms with Crippen LogP contribution >= 0.6 is 11.3 Å². The lowest BCUT2D eigenvalue weighted by Gasteiger charge is -2.38. The van der Waals surface area contributed by atoms with Crippen molar-refractivity contribution in [3.05, 3.63) is 180 Å². The summed E-state index contributed by atoms with van der Waals surface area (Å²) >= 11 is 1.82. The predicted molar refractivity (Wildman–Crippen MR) is 212 cm³/mol. The van der Waals surface area contributed by atoms with Gasteiger partial charge in [0.1, 0.15) is 11.5 Å². The van der Waals surface area contributed by atoms with Crippen molar-refractivity contribution in [1.29, 1.82) is 0 Å². The van der Waals surface area contributed by atoms with Crippen LogP contribution in [0.3, 0.4) is 0 Å². The Morgan fingerprint density at radius 1 is 0.558 bits per heavy atom. The average Bonchev–Trinajstić information content (AvgIpc) is 3.59. The SMILES string of the molecule is c1ccc(-c2cccc(C3NC(c4ccc(-c5cccc6c5Oc5cccc7c5N6c5ccccc5O7)cc4)=Nc4c3sc3ccccc43)c2)cc1. The highest BCUT2D eigenvalue weighted by Crippen LogP contribution is 2.61. The number of ether oxygens (including phenoxy) is 2. The number of benzene rings is 7. The van der Waals surface area contributed by atoms with Crippen molar-refractivity contribution in [3.63, 3.8) is 0 Å². The molecule has 1 N–H and O–H groups in total. The Morgan fingerprint density at radius 3 is 2.15 bits per heavy atom. The van der Waals surface area contributed by atoms with E-state index in [1.165, 1.54) is 31.7 Å². The molecule has 0 spiro atoms. The summed E-state index contributed by atoms with van der Waals surface area (Å²) in [4.78, 5) is 8.78. The standard InChI is InChI=1S/C46H29N3O2S/c1-2-11-28(12-3-1)31-13-8-14-32(27-31)41-45-42(34-15-4-7-22-40(34)52-45)48-46(47-41)30-25-23-29(24-26-30)33-16-9-18-36-44(33)51-39-21-10-20-38-43(39)49(36)35-17-5-6-19-37(35)50-38/h1-27,41H,(H,47,48). The van der Waals surface area contributed by atoms with Crippen LogP contribution in [0.4, 0.5) is 22.7 Å². The largest absolute Gasteiger partial charge is 0.453 e. The summed E-state index contributed by atoms with van der Waals surface area (Å²) in [5.41, 5.74) is 10.7. The van der Waals surface area contributed by atoms with Crippen LogP contribution in [-0.2, 0) is 0 Å². The lowest BCUT2D eigenvalue weighted by Crippen LogP contribution is -2.32. The van der Waals surface area contributed by atoms with Crippen molar-refractivity contribution in [2.45, 2.75) is 6.04 Å². The Hall–Kier alpha value is -6.63. The van der Waals surface area contributed by atoms with E-state index in [4.69, 9.17) is 14.5 Å². The van der Waals surface area contributed by atoms with E-state index in [2.05, 4.69) is 138 Å². The van der Waals surface area contributed by atoms with E-state index in [9.17, 15) is 0 Å². The van der Waals surface area contributed by atoms with Crippen LogP contribution in [0, 0.1) is 0 Å². The maximum atomic E-state index is 6.69. The zero-order valence-electron chi connectivity index (χ0n) is 27.8. The molecule has 3 aliphatic rings. The minimum absolute atomic E-state index is 0.0425. The lowest BCUT2D eigenvalue weighted by molar-refractivity contribution is 0.447. The molecule has 5 nitrogen and oxygen atoms in total. The first kappa shape index (κ1) is 29.1. The molecule has 6 heteroatoms. The van der Waals surface area contributed by atoms with Gasteiger partial charge in [0.05, 0.1) is 28.0 Å². The Morgan fingerprint density at radius 2 is 1.25 bits per heavy atom. The normalized spacial score (nSPS) is 14.9. The number of hydrogen-bond donors (Lipinski definition) is 1. The highest BCUT2D eigenvalue weighted by atomic mass is 32.1. The number of rotatable bonds is 4. The van der Waals surface area contributed by atoms with Gasteiger partial charge in [0.2, 0.25) is 0 Å². The summed E-state index contributed by atoms with van der Waals surface area (Å²) in [6.07, 6.45) is 0. The topological polar surface area (TPSA) is 46.1 Å². The molecule has 0 bridgehead atoms. The van der Waals surface area contributed by atoms with Crippen LogP contribution in [-0.4, -0.2) is 5.84 Å². The van der Waals surface area contributed by atoms with Gasteiger partial charge in [0.25, 0.3) is 0 Å². The van der Waals surface area contributed by atoms with Gasteiger partial charge in [-0.25, -0.2) is 4.99 Å². The Kier molecular flexibility index (Phi) is 6.42. The molecule has 7 aromatic carbocycles. The summed E-state index contributed by atoms with van der Waals surface area (Å²) in [6.45, 7) is 0. The second-order valence-electron chi connectivity index (χ2n) is 13.2. The zero-order chi connectivity index (χ0) is 34.2. The molecule has 3 aliphatic heterocycles. The molecule has 0 fully saturated rings. The lowest BCUT2D eigenvalue weighted by atomic mass is 9.96. The van der Waals surface area contributed by atoms with Crippen LogP contribution in [0.15, 0.2) is 169 Å². The molecular formula is C46H29N3O2S. The number of thiophene rings is 1. The minimum atomic E-state index is -0.0425. The summed E-state index contributed by atoms with van der Waals surface area (Å²) in [5.74, 6) is 4.05. The van der Waals surface area contributed by atoms with Crippen molar-refractivity contribution in [2.24, 2.45) is 4.99 Å². The Balaban J connectivity index is 0.988. The number of nitrogens with zero attached hydrogens (tertiary/aromatic N) is 2. The molecule has 4 heterocycles. The molecule has 1 aromatic heterocycles. The van der Waals surface area contributed by atoms with Gasteiger partial charge in [0.15, 0.2) is 23.0 Å². The van der Waals surface area contributed by atoms with Crippen LogP contribution in [0.2, 0.25) is 0 Å². The fraction of sp³-hybridized carbons (Fsp3) is 0.0217. The van der Waals surface area contributed by atoms with Crippen molar-refractivity contribution in [2.75, 3.05) is 4.90 Å². The van der Waals surface area contributed by atoms with Crippen molar-refractivity contribution < 1.29 is 9.47 Å². The zero-order valence-corrected chi connectivity index (χ0v) is 28.6. The second kappa shape index (κ2) is 11.5. The fourth-order valence-corrected chi connectivity index (χ4v) is 8.90. The molecule has 0 aliphatic carbocycles. The minimum Gasteiger partial charge on any atom is -0.453 e. The number of anilines is 3. The fourth-order valence-electron chi connectivity index (χ4n) is 7.68. The number of para-hydroxylation sites is 4. The number of nitrogens with one attached hydrogen (secondary N) is 1. The van der Waals surface area contributed by atoms with E-state index in [-0.39, 0.29) is 6.04 Å². The molecule has 52 heavy (non-hydrogen) atoms. The molecule has 0 radical (unpaired) electrons. The first-order valence-electron chi connectivity index (χ1n) is 17.4. The molecule has 8 aromatic rings. The number of fused-ring (bicyclic) bond motifs is 7. The van der Waals surface area contributed by atoms with E-state index in [0.717, 1.165) is 68.3 Å². The van der Waals surface area contributed by atoms with Gasteiger partial charge < -0.3 is 14.8 Å². The van der Waals surface area contributed by atoms with Gasteiger partial charge in [-0.2, -0.15) is 0 Å². The maximum absolute atomic E-state index is 6.69. The smallest absolute Gasteiger partial charge is 0.159 e. The third-order valence-electron chi connectivity index (χ3n) is 10.1. The van der Waals surface area contributed by atoms with Gasteiger partial charge in [-0.3, -0.25) is 4.90 Å². The van der Waals surface area contributed by atoms with Crippen molar-refractivity contribution in [3.8, 4) is 45.3 Å². The van der Waals surface area contributed by atoms with Crippen LogP contribution in [0.1, 0.15) is 22.0 Å². The van der Waals surface area contributed by atoms with Gasteiger partial charge in [-0.05, 0) is 64.7 Å². The summed E-state index contributed by atoms with van der Waals surface area (Å²) in [6, 6.07) is 57.1. The monoisotopic (exact) mass is 687 g/mol. The second-order valence-corrected chi connectivity index (χ2v) is 14.3. The van der Waals surface area contributed by atoms with E-state index in [1.807, 2.05) is 47.7 Å². The number of aliphatic imine (C=N–C) groups is 1. The van der Waals surface area contributed by atoms with Gasteiger partial charge in [-0.1, -0.05) is 121 Å². The maximum Gasteiger partial charge on any atom is 0.159 e. The molecule has 11 rings (SSSR count). The van der Waals surface area contributed by atoms with Gasteiger partial charge >= 0.3 is 0 Å². The first-order chi connectivity index (χ1) is 25.8. The first-order valence-corrected chi connectivity index (χ1v) is 18.2. The molecule has 1 atom stereocenters. The van der Waals surface area contributed by atoms with Gasteiger partial charge in [0, 0.05) is 21.2 Å². The quantitative estimate of drug-likeness (QED) is 0.200. The van der Waals surface area contributed by atoms with Crippen LogP contribution < -0.4 is 19.7 Å². The number of hydrogen-bond acceptors (Lipinski definition) is 6. The van der Waals surface area contributed by atoms with Crippen LogP contribution in [0.5, 0.6) is 23.0 Å². The molecule has 0 saturated carbocycles. The summed E-state index contributed by atoms with van der Waals surface area (Å²) in [7, 11) is 0. The Bertz CT molecular complexity index is 2730. The predicted octanol–water partition coefficient (Wildman–Crippen LogP) is 12.7. The van der Waals surface area contributed by atoms with Crippen molar-refractivity contribution >= 4 is 50.0 Å². The molecule has 0 saturated heterocycles. The molecule has 0 amide bonds. The van der Waals surface area contributed by atoms with Crippen LogP contribution in [0.25, 0.3) is 32.3 Å². The van der Waals surface area contributed by atoms with E-state index < -0.39 is 0 Å². The highest BCUT2D eigenvalue weighted by Gasteiger charge is 2.35. The molecular weight excluding hydrogens is 659 g/mol. The molecule has 246 valence electrons.